The van der Waals surface area contributed by atoms with Gasteiger partial charge >= 0.3 is 5.97 Å². The van der Waals surface area contributed by atoms with Crippen molar-refractivity contribution < 1.29 is 14.6 Å². The van der Waals surface area contributed by atoms with Crippen LogP contribution in [0.15, 0.2) is 24.3 Å². The maximum Gasteiger partial charge on any atom is 0.320 e. The molecule has 4 nitrogen and oxygen atoms in total. The minimum Gasteiger partial charge on any atom is -0.492 e. The van der Waals surface area contributed by atoms with Gasteiger partial charge in [0, 0.05) is 11.6 Å². The normalized spacial score (nSPS) is 23.5. The van der Waals surface area contributed by atoms with E-state index >= 15 is 0 Å². The molecule has 0 aromatic heterocycles. The van der Waals surface area contributed by atoms with Crippen LogP contribution in [0.25, 0.3) is 0 Å². The van der Waals surface area contributed by atoms with Crippen LogP contribution in [0.1, 0.15) is 19.8 Å². The van der Waals surface area contributed by atoms with Gasteiger partial charge in [0.15, 0.2) is 0 Å². The number of likely N-dealkylation sites (tertiary alicyclic amines) is 1. The molecule has 2 rings (SSSR count). The van der Waals surface area contributed by atoms with Gasteiger partial charge < -0.3 is 9.84 Å². The maximum atomic E-state index is 11.3. The summed E-state index contributed by atoms with van der Waals surface area (Å²) >= 11 is 5.81. The highest BCUT2D eigenvalue weighted by Crippen LogP contribution is 2.22. The van der Waals surface area contributed by atoms with Gasteiger partial charge in [0.1, 0.15) is 18.4 Å². The van der Waals surface area contributed by atoms with Crippen LogP contribution in [0.3, 0.4) is 0 Å². The fourth-order valence-corrected chi connectivity index (χ4v) is 2.65. The highest BCUT2D eigenvalue weighted by Gasteiger charge is 2.31. The maximum absolute atomic E-state index is 11.3. The van der Waals surface area contributed by atoms with Crippen molar-refractivity contribution in [3.8, 4) is 5.75 Å². The summed E-state index contributed by atoms with van der Waals surface area (Å²) in [5.41, 5.74) is 0. The van der Waals surface area contributed by atoms with Crippen molar-refractivity contribution in [3.05, 3.63) is 29.3 Å². The van der Waals surface area contributed by atoms with Crippen molar-refractivity contribution in [2.75, 3.05) is 19.7 Å². The number of nitrogens with zero attached hydrogens (tertiary/aromatic N) is 1. The Labute approximate surface area is 124 Å². The highest BCUT2D eigenvalue weighted by atomic mass is 35.5. The zero-order chi connectivity index (χ0) is 14.5. The molecule has 0 radical (unpaired) electrons. The van der Waals surface area contributed by atoms with Crippen molar-refractivity contribution in [3.63, 3.8) is 0 Å². The standard InChI is InChI=1S/C15H20ClNO3/c1-11-6-7-17(14(10-11)15(18)19)8-9-20-13-4-2-12(16)3-5-13/h2-5,11,14H,6-10H2,1H3,(H,18,19). The van der Waals surface area contributed by atoms with Crippen molar-refractivity contribution in [1.82, 2.24) is 4.90 Å². The lowest BCUT2D eigenvalue weighted by atomic mass is 9.92. The molecule has 0 aliphatic carbocycles. The average molecular weight is 298 g/mol. The summed E-state index contributed by atoms with van der Waals surface area (Å²) in [6.45, 7) is 4.05. The number of carboxylic acid groups (broad SMARTS) is 1. The number of benzene rings is 1. The van der Waals surface area contributed by atoms with Crippen molar-refractivity contribution in [2.45, 2.75) is 25.8 Å². The number of hydrogen-bond donors (Lipinski definition) is 1. The zero-order valence-corrected chi connectivity index (χ0v) is 12.3. The molecule has 0 amide bonds. The number of carbonyl (C=O) groups is 1. The molecule has 110 valence electrons. The summed E-state index contributed by atoms with van der Waals surface area (Å²) in [4.78, 5) is 13.3. The van der Waals surface area contributed by atoms with E-state index in [1.807, 2.05) is 17.0 Å². The first-order valence-electron chi connectivity index (χ1n) is 6.91. The molecule has 0 saturated carbocycles. The quantitative estimate of drug-likeness (QED) is 0.908. The monoisotopic (exact) mass is 297 g/mol. The Morgan fingerprint density at radius 1 is 1.45 bits per heavy atom. The highest BCUT2D eigenvalue weighted by molar-refractivity contribution is 6.30. The number of rotatable bonds is 5. The van der Waals surface area contributed by atoms with Crippen molar-refractivity contribution in [2.24, 2.45) is 5.92 Å². The number of piperidine rings is 1. The Hall–Kier alpha value is -1.26. The molecule has 0 bridgehead atoms. The molecule has 1 aliphatic heterocycles. The van der Waals surface area contributed by atoms with Crippen LogP contribution >= 0.6 is 11.6 Å². The van der Waals surface area contributed by atoms with Crippen LogP contribution in [0.2, 0.25) is 5.02 Å². The molecular formula is C15H20ClNO3. The van der Waals surface area contributed by atoms with Gasteiger partial charge in [0.05, 0.1) is 0 Å². The third kappa shape index (κ3) is 4.12. The lowest BCUT2D eigenvalue weighted by molar-refractivity contribution is -0.145. The van der Waals surface area contributed by atoms with Gasteiger partial charge in [-0.05, 0) is 49.6 Å². The van der Waals surface area contributed by atoms with Gasteiger partial charge in [-0.1, -0.05) is 18.5 Å². The summed E-state index contributed by atoms with van der Waals surface area (Å²) in [6.07, 6.45) is 1.76. The van der Waals surface area contributed by atoms with Crippen LogP contribution < -0.4 is 4.74 Å². The van der Waals surface area contributed by atoms with Crippen LogP contribution in [0, 0.1) is 5.92 Å². The number of aliphatic carboxylic acids is 1. The van der Waals surface area contributed by atoms with E-state index in [-0.39, 0.29) is 6.04 Å². The summed E-state index contributed by atoms with van der Waals surface area (Å²) < 4.78 is 5.63. The molecule has 1 aromatic rings. The Morgan fingerprint density at radius 3 is 2.80 bits per heavy atom. The van der Waals surface area contributed by atoms with E-state index in [0.29, 0.717) is 24.1 Å². The van der Waals surface area contributed by atoms with Crippen LogP contribution in [0.5, 0.6) is 5.75 Å². The van der Waals surface area contributed by atoms with E-state index in [9.17, 15) is 9.90 Å². The minimum atomic E-state index is -0.733. The van der Waals surface area contributed by atoms with Gasteiger partial charge in [-0.15, -0.1) is 0 Å². The molecule has 0 spiro atoms. The van der Waals surface area contributed by atoms with Gasteiger partial charge in [-0.3, -0.25) is 9.69 Å². The number of ether oxygens (including phenoxy) is 1. The molecule has 1 heterocycles. The Morgan fingerprint density at radius 2 is 2.15 bits per heavy atom. The first-order chi connectivity index (χ1) is 9.56. The first kappa shape index (κ1) is 15.1. The Balaban J connectivity index is 1.83. The third-order valence-electron chi connectivity index (χ3n) is 3.72. The fraction of sp³-hybridized carbons (Fsp3) is 0.533. The second-order valence-corrected chi connectivity index (χ2v) is 5.76. The molecular weight excluding hydrogens is 278 g/mol. The van der Waals surface area contributed by atoms with Crippen molar-refractivity contribution >= 4 is 17.6 Å². The van der Waals surface area contributed by atoms with Gasteiger partial charge in [-0.2, -0.15) is 0 Å². The van der Waals surface area contributed by atoms with Gasteiger partial charge in [-0.25, -0.2) is 0 Å². The second kappa shape index (κ2) is 6.95. The van der Waals surface area contributed by atoms with E-state index in [1.165, 1.54) is 0 Å². The number of carboxylic acids is 1. The van der Waals surface area contributed by atoms with Crippen LogP contribution in [-0.4, -0.2) is 41.7 Å². The lowest BCUT2D eigenvalue weighted by Crippen LogP contribution is -2.48. The predicted molar refractivity (Wildman–Crippen MR) is 78.3 cm³/mol. The summed E-state index contributed by atoms with van der Waals surface area (Å²) in [5.74, 6) is 0.499. The molecule has 1 aromatic carbocycles. The van der Waals surface area contributed by atoms with E-state index in [2.05, 4.69) is 6.92 Å². The molecule has 1 saturated heterocycles. The SMILES string of the molecule is CC1CCN(CCOc2ccc(Cl)cc2)C(C(=O)O)C1. The number of halogens is 1. The van der Waals surface area contributed by atoms with Crippen LogP contribution in [-0.2, 0) is 4.79 Å². The Kier molecular flexibility index (Phi) is 5.26. The van der Waals surface area contributed by atoms with E-state index in [1.54, 1.807) is 12.1 Å². The second-order valence-electron chi connectivity index (χ2n) is 5.32. The van der Waals surface area contributed by atoms with E-state index < -0.39 is 5.97 Å². The third-order valence-corrected chi connectivity index (χ3v) is 3.97. The topological polar surface area (TPSA) is 49.8 Å². The Bertz CT molecular complexity index is 449. The summed E-state index contributed by atoms with van der Waals surface area (Å²) in [6, 6.07) is 6.80. The number of hydrogen-bond acceptors (Lipinski definition) is 3. The zero-order valence-electron chi connectivity index (χ0n) is 11.6. The molecule has 20 heavy (non-hydrogen) atoms. The molecule has 1 fully saturated rings. The minimum absolute atomic E-state index is 0.382. The lowest BCUT2D eigenvalue weighted by Gasteiger charge is -2.35. The van der Waals surface area contributed by atoms with Crippen LogP contribution in [0.4, 0.5) is 0 Å². The summed E-state index contributed by atoms with van der Waals surface area (Å²) in [7, 11) is 0. The largest absolute Gasteiger partial charge is 0.492 e. The first-order valence-corrected chi connectivity index (χ1v) is 7.29. The van der Waals surface area contributed by atoms with E-state index in [4.69, 9.17) is 16.3 Å². The fourth-order valence-electron chi connectivity index (χ4n) is 2.53. The smallest absolute Gasteiger partial charge is 0.320 e. The summed E-state index contributed by atoms with van der Waals surface area (Å²) in [5, 5.41) is 9.95. The molecule has 5 heteroatoms. The van der Waals surface area contributed by atoms with Gasteiger partial charge in [0.25, 0.3) is 0 Å². The predicted octanol–water partition coefficient (Wildman–Crippen LogP) is 2.90. The van der Waals surface area contributed by atoms with Gasteiger partial charge in [0.2, 0.25) is 0 Å². The molecule has 1 aliphatic rings. The molecule has 2 atom stereocenters. The van der Waals surface area contributed by atoms with Crippen molar-refractivity contribution in [1.29, 1.82) is 0 Å². The molecule has 1 N–H and O–H groups in total. The molecule has 2 unspecified atom stereocenters. The average Bonchev–Trinajstić information content (AvgIpc) is 2.42. The van der Waals surface area contributed by atoms with E-state index in [0.717, 1.165) is 25.1 Å².